The summed E-state index contributed by atoms with van der Waals surface area (Å²) in [6.07, 6.45) is 0. The van der Waals surface area contributed by atoms with Crippen molar-refractivity contribution in [3.05, 3.63) is 53.6 Å². The van der Waals surface area contributed by atoms with Gasteiger partial charge in [0.2, 0.25) is 0 Å². The van der Waals surface area contributed by atoms with Gasteiger partial charge < -0.3 is 14.8 Å². The molecule has 0 radical (unpaired) electrons. The first-order valence-electron chi connectivity index (χ1n) is 6.99. The van der Waals surface area contributed by atoms with Crippen LogP contribution in [0.2, 0.25) is 0 Å². The summed E-state index contributed by atoms with van der Waals surface area (Å²) < 4.78 is 11.4. The lowest BCUT2D eigenvalue weighted by atomic mass is 10.0. The Labute approximate surface area is 119 Å². The van der Waals surface area contributed by atoms with Crippen LogP contribution >= 0.6 is 0 Å². The predicted molar refractivity (Wildman–Crippen MR) is 80.6 cm³/mol. The zero-order valence-corrected chi connectivity index (χ0v) is 11.8. The van der Waals surface area contributed by atoms with Gasteiger partial charge in [-0.15, -0.1) is 0 Å². The van der Waals surface area contributed by atoms with Crippen molar-refractivity contribution in [3.63, 3.8) is 0 Å². The minimum absolute atomic E-state index is 0.180. The molecule has 1 atom stereocenters. The van der Waals surface area contributed by atoms with Gasteiger partial charge in [-0.3, -0.25) is 0 Å². The van der Waals surface area contributed by atoms with Gasteiger partial charge in [-0.05, 0) is 43.2 Å². The maximum Gasteiger partial charge on any atom is 0.142 e. The molecule has 0 amide bonds. The molecule has 20 heavy (non-hydrogen) atoms. The molecule has 0 fully saturated rings. The predicted octanol–water partition coefficient (Wildman–Crippen LogP) is 3.94. The monoisotopic (exact) mass is 269 g/mol. The second-order valence-corrected chi connectivity index (χ2v) is 4.96. The van der Waals surface area contributed by atoms with Crippen LogP contribution in [0, 0.1) is 6.92 Å². The lowest BCUT2D eigenvalue weighted by molar-refractivity contribution is 0.286. The molecule has 3 rings (SSSR count). The van der Waals surface area contributed by atoms with Gasteiger partial charge in [-0.2, -0.15) is 0 Å². The molecule has 0 saturated carbocycles. The normalized spacial score (nSPS) is 16.8. The molecule has 1 aliphatic heterocycles. The number of hydrogen-bond donors (Lipinski definition) is 1. The fourth-order valence-corrected chi connectivity index (χ4v) is 2.50. The number of aryl methyl sites for hydroxylation is 1. The smallest absolute Gasteiger partial charge is 0.142 e. The summed E-state index contributed by atoms with van der Waals surface area (Å²) >= 11 is 0. The summed E-state index contributed by atoms with van der Waals surface area (Å²) in [5, 5.41) is 3.53. The van der Waals surface area contributed by atoms with Crippen molar-refractivity contribution >= 4 is 5.69 Å². The molecule has 0 aromatic heterocycles. The number of anilines is 1. The van der Waals surface area contributed by atoms with E-state index >= 15 is 0 Å². The topological polar surface area (TPSA) is 30.5 Å². The standard InChI is InChI=1S/C17H19NO2/c1-3-19-16-9-8-13(10-12(16)2)15-11-20-17-7-5-4-6-14(17)18-15/h4-10,15,18H,3,11H2,1-2H3. The van der Waals surface area contributed by atoms with Crippen LogP contribution < -0.4 is 14.8 Å². The molecular weight excluding hydrogens is 250 g/mol. The molecule has 1 unspecified atom stereocenters. The van der Waals surface area contributed by atoms with Crippen molar-refractivity contribution in [2.45, 2.75) is 19.9 Å². The zero-order chi connectivity index (χ0) is 13.9. The number of hydrogen-bond acceptors (Lipinski definition) is 3. The van der Waals surface area contributed by atoms with Crippen LogP contribution in [-0.2, 0) is 0 Å². The summed E-state index contributed by atoms with van der Waals surface area (Å²) in [6, 6.07) is 14.5. The van der Waals surface area contributed by atoms with Gasteiger partial charge in [0.15, 0.2) is 0 Å². The Balaban J connectivity index is 1.83. The molecule has 1 heterocycles. The summed E-state index contributed by atoms with van der Waals surface area (Å²) in [6.45, 7) is 5.41. The van der Waals surface area contributed by atoms with Crippen molar-refractivity contribution in [3.8, 4) is 11.5 Å². The van der Waals surface area contributed by atoms with Crippen LogP contribution in [0.3, 0.4) is 0 Å². The zero-order valence-electron chi connectivity index (χ0n) is 11.8. The van der Waals surface area contributed by atoms with Gasteiger partial charge in [-0.25, -0.2) is 0 Å². The van der Waals surface area contributed by atoms with Gasteiger partial charge in [0.1, 0.15) is 18.1 Å². The molecule has 0 aliphatic carbocycles. The highest BCUT2D eigenvalue weighted by Crippen LogP contribution is 2.34. The van der Waals surface area contributed by atoms with Gasteiger partial charge in [0, 0.05) is 0 Å². The molecule has 0 saturated heterocycles. The van der Waals surface area contributed by atoms with Crippen LogP contribution in [0.25, 0.3) is 0 Å². The number of rotatable bonds is 3. The lowest BCUT2D eigenvalue weighted by Gasteiger charge is -2.28. The highest BCUT2D eigenvalue weighted by molar-refractivity contribution is 5.59. The van der Waals surface area contributed by atoms with Crippen molar-refractivity contribution in [2.24, 2.45) is 0 Å². The Morgan fingerprint density at radius 3 is 2.90 bits per heavy atom. The molecule has 3 heteroatoms. The number of benzene rings is 2. The van der Waals surface area contributed by atoms with E-state index in [4.69, 9.17) is 9.47 Å². The van der Waals surface area contributed by atoms with E-state index in [0.717, 1.165) is 22.7 Å². The minimum atomic E-state index is 0.180. The van der Waals surface area contributed by atoms with Gasteiger partial charge in [0.05, 0.1) is 18.3 Å². The summed E-state index contributed by atoms with van der Waals surface area (Å²) in [5.74, 6) is 1.87. The Bertz CT molecular complexity index is 610. The van der Waals surface area contributed by atoms with E-state index < -0.39 is 0 Å². The molecule has 104 valence electrons. The Hall–Kier alpha value is -2.16. The lowest BCUT2D eigenvalue weighted by Crippen LogP contribution is -2.23. The van der Waals surface area contributed by atoms with Crippen molar-refractivity contribution in [2.75, 3.05) is 18.5 Å². The number of ether oxygens (including phenoxy) is 2. The third-order valence-corrected chi connectivity index (χ3v) is 3.52. The second kappa shape index (κ2) is 5.45. The largest absolute Gasteiger partial charge is 0.494 e. The molecular formula is C17H19NO2. The van der Waals surface area contributed by atoms with Crippen LogP contribution in [-0.4, -0.2) is 13.2 Å². The average molecular weight is 269 g/mol. The van der Waals surface area contributed by atoms with Crippen molar-refractivity contribution in [1.82, 2.24) is 0 Å². The Morgan fingerprint density at radius 1 is 1.25 bits per heavy atom. The van der Waals surface area contributed by atoms with E-state index in [2.05, 4.69) is 24.4 Å². The number of para-hydroxylation sites is 2. The van der Waals surface area contributed by atoms with Crippen LogP contribution in [0.1, 0.15) is 24.1 Å². The summed E-state index contributed by atoms with van der Waals surface area (Å²) in [7, 11) is 0. The third-order valence-electron chi connectivity index (χ3n) is 3.52. The second-order valence-electron chi connectivity index (χ2n) is 4.96. The van der Waals surface area contributed by atoms with Crippen LogP contribution in [0.5, 0.6) is 11.5 Å². The van der Waals surface area contributed by atoms with E-state index in [0.29, 0.717) is 13.2 Å². The minimum Gasteiger partial charge on any atom is -0.494 e. The average Bonchev–Trinajstić information content (AvgIpc) is 2.49. The van der Waals surface area contributed by atoms with E-state index in [1.165, 1.54) is 5.56 Å². The molecule has 1 N–H and O–H groups in total. The number of fused-ring (bicyclic) bond motifs is 1. The highest BCUT2D eigenvalue weighted by atomic mass is 16.5. The van der Waals surface area contributed by atoms with Gasteiger partial charge in [-0.1, -0.05) is 24.3 Å². The molecule has 3 nitrogen and oxygen atoms in total. The third kappa shape index (κ3) is 2.44. The molecule has 2 aromatic rings. The van der Waals surface area contributed by atoms with E-state index in [9.17, 15) is 0 Å². The van der Waals surface area contributed by atoms with Gasteiger partial charge >= 0.3 is 0 Å². The number of nitrogens with one attached hydrogen (secondary N) is 1. The fraction of sp³-hybridized carbons (Fsp3) is 0.294. The Morgan fingerprint density at radius 2 is 2.10 bits per heavy atom. The first-order chi connectivity index (χ1) is 9.78. The van der Waals surface area contributed by atoms with Crippen LogP contribution in [0.4, 0.5) is 5.69 Å². The summed E-state index contributed by atoms with van der Waals surface area (Å²) in [5.41, 5.74) is 3.43. The summed E-state index contributed by atoms with van der Waals surface area (Å²) in [4.78, 5) is 0. The maximum absolute atomic E-state index is 5.81. The van der Waals surface area contributed by atoms with Crippen LogP contribution in [0.15, 0.2) is 42.5 Å². The van der Waals surface area contributed by atoms with E-state index in [-0.39, 0.29) is 6.04 Å². The van der Waals surface area contributed by atoms with Crippen molar-refractivity contribution in [1.29, 1.82) is 0 Å². The SMILES string of the molecule is CCOc1ccc(C2COc3ccccc3N2)cc1C. The molecule has 2 aromatic carbocycles. The molecule has 0 bridgehead atoms. The fourth-order valence-electron chi connectivity index (χ4n) is 2.50. The van der Waals surface area contributed by atoms with E-state index in [1.807, 2.05) is 37.3 Å². The van der Waals surface area contributed by atoms with Gasteiger partial charge in [0.25, 0.3) is 0 Å². The first-order valence-corrected chi connectivity index (χ1v) is 6.99. The highest BCUT2D eigenvalue weighted by Gasteiger charge is 2.20. The Kier molecular flexibility index (Phi) is 3.50. The van der Waals surface area contributed by atoms with E-state index in [1.54, 1.807) is 0 Å². The molecule has 0 spiro atoms. The quantitative estimate of drug-likeness (QED) is 0.915. The first kappa shape index (κ1) is 12.9. The molecule has 1 aliphatic rings. The van der Waals surface area contributed by atoms with Crippen molar-refractivity contribution < 1.29 is 9.47 Å². The maximum atomic E-state index is 5.81.